The van der Waals surface area contributed by atoms with Crippen molar-refractivity contribution < 1.29 is 0 Å². The maximum absolute atomic E-state index is 4.20. The Kier molecular flexibility index (Phi) is 2.50. The van der Waals surface area contributed by atoms with Gasteiger partial charge in [-0.15, -0.1) is 0 Å². The van der Waals surface area contributed by atoms with E-state index in [1.807, 2.05) is 6.07 Å². The van der Waals surface area contributed by atoms with Gasteiger partial charge in [0.2, 0.25) is 0 Å². The van der Waals surface area contributed by atoms with E-state index in [0.29, 0.717) is 0 Å². The maximum atomic E-state index is 4.20. The third-order valence-corrected chi connectivity index (χ3v) is 3.18. The number of hydrogen-bond donors (Lipinski definition) is 3. The second-order valence-corrected chi connectivity index (χ2v) is 4.37. The quantitative estimate of drug-likeness (QED) is 0.730. The minimum atomic E-state index is 0.762. The molecule has 1 saturated heterocycles. The standard InChI is InChI=1S/C12H16N4/c1-2-11-12(16-8-15-11)5-10(1)14-7-9-3-4-13-6-9/h1-2,5,8-9,13-14H,3-4,6-7H2,(H,15,16). The molecule has 84 valence electrons. The van der Waals surface area contributed by atoms with Crippen molar-refractivity contribution in [2.45, 2.75) is 6.42 Å². The molecule has 1 aromatic carbocycles. The fourth-order valence-electron chi connectivity index (χ4n) is 2.20. The van der Waals surface area contributed by atoms with Gasteiger partial charge < -0.3 is 15.6 Å². The normalized spacial score (nSPS) is 20.4. The van der Waals surface area contributed by atoms with Gasteiger partial charge in [-0.1, -0.05) is 0 Å². The second kappa shape index (κ2) is 4.14. The first-order valence-electron chi connectivity index (χ1n) is 5.79. The number of H-pyrrole nitrogens is 1. The second-order valence-electron chi connectivity index (χ2n) is 4.37. The van der Waals surface area contributed by atoms with Crippen molar-refractivity contribution in [3.63, 3.8) is 0 Å². The topological polar surface area (TPSA) is 52.7 Å². The van der Waals surface area contributed by atoms with E-state index in [0.717, 1.165) is 36.6 Å². The molecule has 0 bridgehead atoms. The summed E-state index contributed by atoms with van der Waals surface area (Å²) in [6.07, 6.45) is 3.01. The molecule has 0 saturated carbocycles. The molecule has 3 rings (SSSR count). The summed E-state index contributed by atoms with van der Waals surface area (Å²) < 4.78 is 0. The van der Waals surface area contributed by atoms with Crippen molar-refractivity contribution in [3.8, 4) is 0 Å². The predicted octanol–water partition coefficient (Wildman–Crippen LogP) is 1.58. The van der Waals surface area contributed by atoms with Crippen LogP contribution in [0, 0.1) is 5.92 Å². The van der Waals surface area contributed by atoms with E-state index in [9.17, 15) is 0 Å². The summed E-state index contributed by atoms with van der Waals surface area (Å²) in [4.78, 5) is 7.33. The fraction of sp³-hybridized carbons (Fsp3) is 0.417. The van der Waals surface area contributed by atoms with Crippen molar-refractivity contribution in [1.29, 1.82) is 0 Å². The van der Waals surface area contributed by atoms with E-state index in [2.05, 4.69) is 32.7 Å². The van der Waals surface area contributed by atoms with Gasteiger partial charge in [-0.25, -0.2) is 4.98 Å². The van der Waals surface area contributed by atoms with Gasteiger partial charge in [-0.3, -0.25) is 0 Å². The molecular formula is C12H16N4. The maximum Gasteiger partial charge on any atom is 0.0931 e. The highest BCUT2D eigenvalue weighted by Crippen LogP contribution is 2.16. The number of anilines is 1. The third-order valence-electron chi connectivity index (χ3n) is 3.18. The summed E-state index contributed by atoms with van der Waals surface area (Å²) in [7, 11) is 0. The number of aromatic nitrogens is 2. The molecule has 1 fully saturated rings. The lowest BCUT2D eigenvalue weighted by atomic mass is 10.1. The summed E-state index contributed by atoms with van der Waals surface area (Å²) in [5.74, 6) is 0.762. The molecule has 4 heteroatoms. The van der Waals surface area contributed by atoms with E-state index in [1.54, 1.807) is 6.33 Å². The highest BCUT2D eigenvalue weighted by atomic mass is 14.9. The molecule has 16 heavy (non-hydrogen) atoms. The summed E-state index contributed by atoms with van der Waals surface area (Å²) >= 11 is 0. The molecule has 2 heterocycles. The fourth-order valence-corrected chi connectivity index (χ4v) is 2.20. The van der Waals surface area contributed by atoms with Gasteiger partial charge >= 0.3 is 0 Å². The lowest BCUT2D eigenvalue weighted by Gasteiger charge is -2.11. The average molecular weight is 216 g/mol. The highest BCUT2D eigenvalue weighted by Gasteiger charge is 2.13. The molecule has 1 unspecified atom stereocenters. The number of nitrogens with zero attached hydrogens (tertiary/aromatic N) is 1. The summed E-state index contributed by atoms with van der Waals surface area (Å²) in [6, 6.07) is 6.25. The number of aromatic amines is 1. The smallest absolute Gasteiger partial charge is 0.0931 e. The van der Waals surface area contributed by atoms with Gasteiger partial charge in [0.1, 0.15) is 0 Å². The van der Waals surface area contributed by atoms with Crippen LogP contribution in [0.3, 0.4) is 0 Å². The third kappa shape index (κ3) is 1.88. The van der Waals surface area contributed by atoms with E-state index in [-0.39, 0.29) is 0 Å². The Labute approximate surface area is 94.5 Å². The van der Waals surface area contributed by atoms with E-state index < -0.39 is 0 Å². The molecule has 3 N–H and O–H groups in total. The SMILES string of the molecule is c1nc2ccc(NCC3CCNC3)cc2[nH]1. The van der Waals surface area contributed by atoms with Crippen LogP contribution in [0.15, 0.2) is 24.5 Å². The van der Waals surface area contributed by atoms with E-state index in [1.165, 1.54) is 12.1 Å². The Hall–Kier alpha value is -1.55. The molecule has 0 amide bonds. The summed E-state index contributed by atoms with van der Waals surface area (Å²) in [5.41, 5.74) is 3.28. The van der Waals surface area contributed by atoms with Gasteiger partial charge in [-0.05, 0) is 43.6 Å². The van der Waals surface area contributed by atoms with Crippen LogP contribution in [0.4, 0.5) is 5.69 Å². The van der Waals surface area contributed by atoms with Crippen LogP contribution in [0.25, 0.3) is 11.0 Å². The van der Waals surface area contributed by atoms with Gasteiger partial charge in [0.05, 0.1) is 17.4 Å². The molecule has 1 aromatic heterocycles. The molecule has 2 aromatic rings. The van der Waals surface area contributed by atoms with Crippen LogP contribution in [-0.2, 0) is 0 Å². The average Bonchev–Trinajstić information content (AvgIpc) is 2.97. The van der Waals surface area contributed by atoms with Crippen LogP contribution in [0.5, 0.6) is 0 Å². The molecule has 0 spiro atoms. The van der Waals surface area contributed by atoms with Crippen molar-refractivity contribution in [2.75, 3.05) is 25.0 Å². The summed E-state index contributed by atoms with van der Waals surface area (Å²) in [5, 5.41) is 6.86. The number of rotatable bonds is 3. The van der Waals surface area contributed by atoms with Crippen molar-refractivity contribution in [1.82, 2.24) is 15.3 Å². The Morgan fingerprint density at radius 2 is 2.44 bits per heavy atom. The number of imidazole rings is 1. The summed E-state index contributed by atoms with van der Waals surface area (Å²) in [6.45, 7) is 3.35. The van der Waals surface area contributed by atoms with E-state index >= 15 is 0 Å². The zero-order valence-electron chi connectivity index (χ0n) is 9.16. The minimum Gasteiger partial charge on any atom is -0.385 e. The van der Waals surface area contributed by atoms with Crippen molar-refractivity contribution >= 4 is 16.7 Å². The van der Waals surface area contributed by atoms with E-state index in [4.69, 9.17) is 0 Å². The van der Waals surface area contributed by atoms with Crippen LogP contribution >= 0.6 is 0 Å². The minimum absolute atomic E-state index is 0.762. The lowest BCUT2D eigenvalue weighted by Crippen LogP contribution is -2.17. The van der Waals surface area contributed by atoms with Crippen LogP contribution < -0.4 is 10.6 Å². The molecule has 0 aliphatic carbocycles. The number of benzene rings is 1. The van der Waals surface area contributed by atoms with Crippen molar-refractivity contribution in [2.24, 2.45) is 5.92 Å². The van der Waals surface area contributed by atoms with Gasteiger partial charge in [0, 0.05) is 12.2 Å². The number of fused-ring (bicyclic) bond motifs is 1. The zero-order valence-corrected chi connectivity index (χ0v) is 9.16. The Balaban J connectivity index is 1.68. The molecule has 0 radical (unpaired) electrons. The van der Waals surface area contributed by atoms with Crippen LogP contribution in [0.1, 0.15) is 6.42 Å². The Bertz CT molecular complexity index is 471. The largest absolute Gasteiger partial charge is 0.385 e. The Morgan fingerprint density at radius 1 is 1.44 bits per heavy atom. The first-order valence-corrected chi connectivity index (χ1v) is 5.79. The van der Waals surface area contributed by atoms with Crippen LogP contribution in [-0.4, -0.2) is 29.6 Å². The first-order chi connectivity index (χ1) is 7.92. The molecule has 1 aliphatic heterocycles. The van der Waals surface area contributed by atoms with Crippen molar-refractivity contribution in [3.05, 3.63) is 24.5 Å². The van der Waals surface area contributed by atoms with Crippen LogP contribution in [0.2, 0.25) is 0 Å². The van der Waals surface area contributed by atoms with Gasteiger partial charge in [0.15, 0.2) is 0 Å². The highest BCUT2D eigenvalue weighted by molar-refractivity contribution is 5.78. The predicted molar refractivity (Wildman–Crippen MR) is 65.6 cm³/mol. The molecule has 1 aliphatic rings. The first kappa shape index (κ1) is 9.66. The number of nitrogens with one attached hydrogen (secondary N) is 3. The molecule has 4 nitrogen and oxygen atoms in total. The Morgan fingerprint density at radius 3 is 3.31 bits per heavy atom. The zero-order chi connectivity index (χ0) is 10.8. The molecule has 1 atom stereocenters. The van der Waals surface area contributed by atoms with Gasteiger partial charge in [-0.2, -0.15) is 0 Å². The molecular weight excluding hydrogens is 200 g/mol. The monoisotopic (exact) mass is 216 g/mol. The van der Waals surface area contributed by atoms with Gasteiger partial charge in [0.25, 0.3) is 0 Å². The lowest BCUT2D eigenvalue weighted by molar-refractivity contribution is 0.615. The number of hydrogen-bond acceptors (Lipinski definition) is 3.